The summed E-state index contributed by atoms with van der Waals surface area (Å²) in [6.45, 7) is 14.3. The number of nitrogens with zero attached hydrogens (tertiary/aromatic N) is 8. The number of aromatic nitrogens is 4. The van der Waals surface area contributed by atoms with Gasteiger partial charge in [-0.3, -0.25) is 4.79 Å². The zero-order valence-corrected chi connectivity index (χ0v) is 27.5. The number of nitrogens with one attached hydrogen (secondary N) is 1. The first-order valence-electron chi connectivity index (χ1n) is 15.8. The quantitative estimate of drug-likeness (QED) is 0.361. The Morgan fingerprint density at radius 2 is 2.02 bits per heavy atom. The molecule has 1 amide bonds. The third-order valence-corrected chi connectivity index (χ3v) is 10.8. The van der Waals surface area contributed by atoms with Crippen molar-refractivity contribution in [2.75, 3.05) is 42.6 Å². The number of thiophene rings is 1. The van der Waals surface area contributed by atoms with Gasteiger partial charge in [0, 0.05) is 53.8 Å². The van der Waals surface area contributed by atoms with E-state index in [1.165, 1.54) is 23.8 Å². The number of anilines is 3. The second-order valence-corrected chi connectivity index (χ2v) is 14.1. The summed E-state index contributed by atoms with van der Waals surface area (Å²) in [4.78, 5) is 34.8. The molecular formula is C32H42N10O2S. The van der Waals surface area contributed by atoms with Crippen molar-refractivity contribution < 1.29 is 9.32 Å². The molecule has 12 nitrogen and oxygen atoms in total. The fourth-order valence-corrected chi connectivity index (χ4v) is 8.76. The van der Waals surface area contributed by atoms with Gasteiger partial charge >= 0.3 is 0 Å². The Balaban J connectivity index is 1.37. The van der Waals surface area contributed by atoms with Gasteiger partial charge in [-0.1, -0.05) is 11.7 Å². The maximum Gasteiger partial charge on any atom is 0.246 e. The lowest BCUT2D eigenvalue weighted by Gasteiger charge is -2.44. The van der Waals surface area contributed by atoms with E-state index in [1.54, 1.807) is 0 Å². The molecule has 5 heterocycles. The number of nitrogens with two attached hydrogens (primary N) is 1. The van der Waals surface area contributed by atoms with Gasteiger partial charge in [0.2, 0.25) is 23.4 Å². The van der Waals surface area contributed by atoms with E-state index in [4.69, 9.17) is 25.2 Å². The van der Waals surface area contributed by atoms with Gasteiger partial charge in [0.1, 0.15) is 22.7 Å². The topological polar surface area (TPSA) is 153 Å². The Morgan fingerprint density at radius 3 is 2.69 bits per heavy atom. The monoisotopic (exact) mass is 630 g/mol. The van der Waals surface area contributed by atoms with Crippen LogP contribution in [0.4, 0.5) is 16.6 Å². The number of hydrogen-bond acceptors (Lipinski definition) is 12. The smallest absolute Gasteiger partial charge is 0.246 e. The third kappa shape index (κ3) is 5.55. The fraction of sp³-hybridized carbons (Fsp3) is 0.562. The molecule has 3 aromatic rings. The number of likely N-dealkylation sites (tertiary alicyclic amines) is 1. The highest BCUT2D eigenvalue weighted by atomic mass is 32.1. The summed E-state index contributed by atoms with van der Waals surface area (Å²) >= 11 is 1.47. The van der Waals surface area contributed by atoms with Gasteiger partial charge in [0.25, 0.3) is 0 Å². The minimum atomic E-state index is -0.642. The maximum atomic E-state index is 12.6. The molecule has 13 heteroatoms. The van der Waals surface area contributed by atoms with Gasteiger partial charge in [-0.15, -0.1) is 11.3 Å². The lowest BCUT2D eigenvalue weighted by atomic mass is 9.72. The van der Waals surface area contributed by atoms with Gasteiger partial charge in [-0.25, -0.2) is 9.97 Å². The van der Waals surface area contributed by atoms with Gasteiger partial charge in [0.05, 0.1) is 11.0 Å². The zero-order chi connectivity index (χ0) is 32.0. The molecule has 0 saturated carbocycles. The van der Waals surface area contributed by atoms with Crippen molar-refractivity contribution in [2.45, 2.75) is 89.4 Å². The van der Waals surface area contributed by atoms with Crippen LogP contribution in [-0.4, -0.2) is 86.7 Å². The molecule has 0 radical (unpaired) electrons. The minimum absolute atomic E-state index is 0.0373. The number of fused-ring (bicyclic) bond motifs is 1. The Kier molecular flexibility index (Phi) is 8.30. The molecule has 3 aliphatic rings. The van der Waals surface area contributed by atoms with E-state index >= 15 is 0 Å². The molecule has 6 rings (SSSR count). The molecule has 0 aromatic carbocycles. The normalized spacial score (nSPS) is 25.9. The summed E-state index contributed by atoms with van der Waals surface area (Å²) < 4.78 is 5.93. The van der Waals surface area contributed by atoms with Crippen molar-refractivity contribution in [3.63, 3.8) is 0 Å². The predicted molar refractivity (Wildman–Crippen MR) is 175 cm³/mol. The average molecular weight is 631 g/mol. The van der Waals surface area contributed by atoms with Crippen LogP contribution < -0.4 is 16.0 Å². The third-order valence-electron chi connectivity index (χ3n) is 9.76. The van der Waals surface area contributed by atoms with E-state index in [9.17, 15) is 10.1 Å². The first kappa shape index (κ1) is 31.0. The molecule has 1 aliphatic carbocycles. The Morgan fingerprint density at radius 1 is 1.27 bits per heavy atom. The summed E-state index contributed by atoms with van der Waals surface area (Å²) in [5.74, 6) is 2.41. The highest BCUT2D eigenvalue weighted by Crippen LogP contribution is 2.48. The van der Waals surface area contributed by atoms with Crippen LogP contribution in [0.15, 0.2) is 23.2 Å². The molecule has 2 fully saturated rings. The number of hydrogen-bond donors (Lipinski definition) is 2. The van der Waals surface area contributed by atoms with Crippen molar-refractivity contribution in [2.24, 2.45) is 0 Å². The number of amides is 1. The molecule has 45 heavy (non-hydrogen) atoms. The standard InChI is InChI=1S/C32H42N10O2S/c1-7-26(43)42-18(2)16-41(17-19(42)3)25-14-24(35-20(4)22-10-9-13-40(22)6)36-29(37-25)30-38-31(44-39-30)32(5)12-8-11-23-27(32)21(15-33)28(34)45-23/h7,14,18-20,22H,1,8-13,16-17,34H2,2-6H3,(H,35,36,37)/t18-,19-,20-,22-,32-/m0/s1. The van der Waals surface area contributed by atoms with Gasteiger partial charge in [-0.05, 0) is 79.5 Å². The van der Waals surface area contributed by atoms with E-state index < -0.39 is 5.41 Å². The molecule has 0 unspecified atom stereocenters. The molecule has 2 aliphatic heterocycles. The Bertz CT molecular complexity index is 1630. The minimum Gasteiger partial charge on any atom is -0.389 e. The van der Waals surface area contributed by atoms with Crippen molar-refractivity contribution in [3.8, 4) is 17.7 Å². The zero-order valence-electron chi connectivity index (χ0n) is 26.7. The number of aryl methyl sites for hydroxylation is 1. The predicted octanol–water partition coefficient (Wildman–Crippen LogP) is 4.19. The average Bonchev–Trinajstić information content (AvgIpc) is 3.75. The van der Waals surface area contributed by atoms with Crippen LogP contribution >= 0.6 is 11.3 Å². The highest BCUT2D eigenvalue weighted by Gasteiger charge is 2.43. The van der Waals surface area contributed by atoms with E-state index in [2.05, 4.69) is 46.9 Å². The van der Waals surface area contributed by atoms with Crippen LogP contribution in [-0.2, 0) is 16.6 Å². The Labute approximate surface area is 268 Å². The summed E-state index contributed by atoms with van der Waals surface area (Å²) in [6, 6.07) is 4.75. The first-order valence-corrected chi connectivity index (χ1v) is 16.6. The number of carbonyl (C=O) groups is 1. The molecule has 3 N–H and O–H groups in total. The number of likely N-dealkylation sites (N-methyl/N-ethyl adjacent to an activating group) is 1. The second kappa shape index (κ2) is 12.1. The molecule has 238 valence electrons. The number of nitriles is 1. The molecule has 0 bridgehead atoms. The molecular weight excluding hydrogens is 588 g/mol. The molecule has 3 aromatic heterocycles. The van der Waals surface area contributed by atoms with Crippen LogP contribution in [0.2, 0.25) is 0 Å². The number of carbonyl (C=O) groups excluding carboxylic acids is 1. The summed E-state index contributed by atoms with van der Waals surface area (Å²) in [7, 11) is 2.16. The molecule has 2 saturated heterocycles. The summed E-state index contributed by atoms with van der Waals surface area (Å²) in [5, 5.41) is 18.5. The van der Waals surface area contributed by atoms with Crippen molar-refractivity contribution >= 4 is 33.9 Å². The van der Waals surface area contributed by atoms with Crippen LogP contribution in [0.3, 0.4) is 0 Å². The van der Waals surface area contributed by atoms with Gasteiger partial charge in [0.15, 0.2) is 0 Å². The first-order chi connectivity index (χ1) is 21.5. The SMILES string of the molecule is C=CC(=O)N1[C@@H](C)CN(c2cc(N[C@@H](C)[C@@H]3CCCN3C)nc(-c3noc([C@@]4(C)CCCc5sc(N)c(C#N)c54)n3)n2)C[C@@H]1C. The number of rotatable bonds is 7. The van der Waals surface area contributed by atoms with E-state index in [1.807, 2.05) is 31.7 Å². The number of piperazine rings is 1. The summed E-state index contributed by atoms with van der Waals surface area (Å²) in [5.41, 5.74) is 7.01. The maximum absolute atomic E-state index is 12.6. The Hall–Kier alpha value is -4.02. The van der Waals surface area contributed by atoms with Crippen LogP contribution in [0, 0.1) is 11.3 Å². The van der Waals surface area contributed by atoms with Gasteiger partial charge in [-0.2, -0.15) is 10.2 Å². The van der Waals surface area contributed by atoms with Crippen LogP contribution in [0.1, 0.15) is 75.3 Å². The highest BCUT2D eigenvalue weighted by molar-refractivity contribution is 7.16. The lowest BCUT2D eigenvalue weighted by Crippen LogP contribution is -2.58. The second-order valence-electron chi connectivity index (χ2n) is 13.0. The summed E-state index contributed by atoms with van der Waals surface area (Å²) in [6.07, 6.45) is 6.23. The van der Waals surface area contributed by atoms with Gasteiger partial charge < -0.3 is 30.3 Å². The lowest BCUT2D eigenvalue weighted by molar-refractivity contribution is -0.130. The van der Waals surface area contributed by atoms with E-state index in [0.717, 1.165) is 48.5 Å². The van der Waals surface area contributed by atoms with Crippen LogP contribution in [0.5, 0.6) is 0 Å². The fourth-order valence-electron chi connectivity index (χ4n) is 7.57. The largest absolute Gasteiger partial charge is 0.389 e. The molecule has 0 spiro atoms. The molecule has 5 atom stereocenters. The van der Waals surface area contributed by atoms with Crippen molar-refractivity contribution in [1.29, 1.82) is 5.26 Å². The van der Waals surface area contributed by atoms with Crippen LogP contribution in [0.25, 0.3) is 11.6 Å². The van der Waals surface area contributed by atoms with E-state index in [-0.39, 0.29) is 29.9 Å². The van der Waals surface area contributed by atoms with E-state index in [0.29, 0.717) is 47.2 Å². The van der Waals surface area contributed by atoms with Crippen molar-refractivity contribution in [3.05, 3.63) is 40.6 Å². The van der Waals surface area contributed by atoms with Crippen molar-refractivity contribution in [1.82, 2.24) is 29.9 Å². The number of nitrogen functional groups attached to an aromatic ring is 1.